The largest absolute Gasteiger partial charge is 0.382 e. The standard InChI is InChI=1S/C11H22ClNO3/c1-3-10(4-5-12)8-13-11(14)9-16-7-6-15-2/h10H,3-9H2,1-2H3,(H,13,14). The lowest BCUT2D eigenvalue weighted by Crippen LogP contribution is -2.32. The van der Waals surface area contributed by atoms with Gasteiger partial charge in [0.1, 0.15) is 6.61 Å². The third-order valence-corrected chi connectivity index (χ3v) is 2.57. The van der Waals surface area contributed by atoms with E-state index >= 15 is 0 Å². The van der Waals surface area contributed by atoms with E-state index in [1.807, 2.05) is 0 Å². The van der Waals surface area contributed by atoms with Crippen LogP contribution in [0.2, 0.25) is 0 Å². The Balaban J connectivity index is 3.47. The Morgan fingerprint density at radius 3 is 2.75 bits per heavy atom. The summed E-state index contributed by atoms with van der Waals surface area (Å²) in [7, 11) is 1.60. The summed E-state index contributed by atoms with van der Waals surface area (Å²) in [5.41, 5.74) is 0. The van der Waals surface area contributed by atoms with Gasteiger partial charge in [-0.1, -0.05) is 13.3 Å². The molecule has 0 aliphatic carbocycles. The first-order valence-electron chi connectivity index (χ1n) is 5.63. The normalized spacial score (nSPS) is 12.4. The molecule has 96 valence electrons. The van der Waals surface area contributed by atoms with Crippen molar-refractivity contribution in [2.24, 2.45) is 5.92 Å². The molecular weight excluding hydrogens is 230 g/mol. The lowest BCUT2D eigenvalue weighted by molar-refractivity contribution is -0.126. The van der Waals surface area contributed by atoms with Crippen LogP contribution in [0, 0.1) is 5.92 Å². The summed E-state index contributed by atoms with van der Waals surface area (Å²) in [6.07, 6.45) is 1.96. The van der Waals surface area contributed by atoms with Gasteiger partial charge in [-0.05, 0) is 12.3 Å². The van der Waals surface area contributed by atoms with Crippen molar-refractivity contribution in [3.8, 4) is 0 Å². The number of carbonyl (C=O) groups is 1. The van der Waals surface area contributed by atoms with Gasteiger partial charge in [-0.25, -0.2) is 0 Å². The van der Waals surface area contributed by atoms with Crippen LogP contribution in [0.3, 0.4) is 0 Å². The molecule has 1 unspecified atom stereocenters. The number of hydrogen-bond acceptors (Lipinski definition) is 3. The van der Waals surface area contributed by atoms with Gasteiger partial charge < -0.3 is 14.8 Å². The molecule has 0 aliphatic heterocycles. The van der Waals surface area contributed by atoms with Gasteiger partial charge in [0.25, 0.3) is 0 Å². The molecule has 1 amide bonds. The summed E-state index contributed by atoms with van der Waals surface area (Å²) in [6.45, 7) is 3.83. The van der Waals surface area contributed by atoms with Crippen LogP contribution >= 0.6 is 11.6 Å². The van der Waals surface area contributed by atoms with Gasteiger partial charge in [-0.15, -0.1) is 11.6 Å². The molecule has 0 heterocycles. The molecular formula is C11H22ClNO3. The van der Waals surface area contributed by atoms with Crippen LogP contribution in [0.25, 0.3) is 0 Å². The van der Waals surface area contributed by atoms with Crippen LogP contribution in [0.1, 0.15) is 19.8 Å². The molecule has 0 aromatic rings. The van der Waals surface area contributed by atoms with Crippen molar-refractivity contribution in [3.05, 3.63) is 0 Å². The molecule has 0 saturated carbocycles. The average molecular weight is 252 g/mol. The van der Waals surface area contributed by atoms with Crippen molar-refractivity contribution in [2.75, 3.05) is 39.4 Å². The van der Waals surface area contributed by atoms with Gasteiger partial charge in [-0.3, -0.25) is 4.79 Å². The topological polar surface area (TPSA) is 47.6 Å². The van der Waals surface area contributed by atoms with E-state index in [9.17, 15) is 4.79 Å². The van der Waals surface area contributed by atoms with Gasteiger partial charge in [-0.2, -0.15) is 0 Å². The van der Waals surface area contributed by atoms with Crippen LogP contribution in [-0.4, -0.2) is 45.3 Å². The van der Waals surface area contributed by atoms with Crippen molar-refractivity contribution < 1.29 is 14.3 Å². The first kappa shape index (κ1) is 15.7. The molecule has 0 rings (SSSR count). The molecule has 0 aromatic heterocycles. The van der Waals surface area contributed by atoms with Crippen molar-refractivity contribution in [1.29, 1.82) is 0 Å². The van der Waals surface area contributed by atoms with Gasteiger partial charge >= 0.3 is 0 Å². The second kappa shape index (κ2) is 11.2. The molecule has 1 atom stereocenters. The molecule has 0 aromatic carbocycles. The SMILES string of the molecule is CCC(CCCl)CNC(=O)COCCOC. The highest BCUT2D eigenvalue weighted by Gasteiger charge is 2.07. The molecule has 16 heavy (non-hydrogen) atoms. The highest BCUT2D eigenvalue weighted by molar-refractivity contribution is 6.17. The Morgan fingerprint density at radius 2 is 2.19 bits per heavy atom. The fourth-order valence-corrected chi connectivity index (χ4v) is 1.53. The summed E-state index contributed by atoms with van der Waals surface area (Å²) in [5, 5.41) is 2.83. The van der Waals surface area contributed by atoms with Gasteiger partial charge in [0, 0.05) is 19.5 Å². The Hall–Kier alpha value is -0.320. The number of nitrogens with one attached hydrogen (secondary N) is 1. The van der Waals surface area contributed by atoms with E-state index in [1.165, 1.54) is 0 Å². The molecule has 1 N–H and O–H groups in total. The lowest BCUT2D eigenvalue weighted by Gasteiger charge is -2.14. The monoisotopic (exact) mass is 251 g/mol. The minimum absolute atomic E-state index is 0.0795. The number of rotatable bonds is 10. The second-order valence-corrected chi connectivity index (χ2v) is 3.98. The van der Waals surface area contributed by atoms with Crippen LogP contribution in [0.15, 0.2) is 0 Å². The Morgan fingerprint density at radius 1 is 1.44 bits per heavy atom. The summed E-state index contributed by atoms with van der Waals surface area (Å²) >= 11 is 5.66. The van der Waals surface area contributed by atoms with E-state index in [0.717, 1.165) is 12.8 Å². The van der Waals surface area contributed by atoms with E-state index < -0.39 is 0 Å². The van der Waals surface area contributed by atoms with Crippen LogP contribution in [0.5, 0.6) is 0 Å². The third kappa shape index (κ3) is 8.95. The van der Waals surface area contributed by atoms with Gasteiger partial charge in [0.15, 0.2) is 0 Å². The molecule has 4 nitrogen and oxygen atoms in total. The predicted octanol–water partition coefficient (Wildman–Crippen LogP) is 1.42. The Kier molecular flexibility index (Phi) is 11.0. The predicted molar refractivity (Wildman–Crippen MR) is 64.8 cm³/mol. The highest BCUT2D eigenvalue weighted by Crippen LogP contribution is 2.07. The average Bonchev–Trinajstić information content (AvgIpc) is 2.30. The number of alkyl halides is 1. The van der Waals surface area contributed by atoms with Crippen molar-refractivity contribution in [2.45, 2.75) is 19.8 Å². The molecule has 0 spiro atoms. The Bertz CT molecular complexity index is 179. The van der Waals surface area contributed by atoms with Crippen LogP contribution < -0.4 is 5.32 Å². The minimum atomic E-state index is -0.0795. The zero-order valence-corrected chi connectivity index (χ0v) is 10.9. The van der Waals surface area contributed by atoms with Gasteiger partial charge in [0.2, 0.25) is 5.91 Å². The van der Waals surface area contributed by atoms with Gasteiger partial charge in [0.05, 0.1) is 13.2 Å². The van der Waals surface area contributed by atoms with E-state index in [0.29, 0.717) is 31.6 Å². The molecule has 5 heteroatoms. The van der Waals surface area contributed by atoms with Crippen LogP contribution in [-0.2, 0) is 14.3 Å². The smallest absolute Gasteiger partial charge is 0.246 e. The molecule has 0 saturated heterocycles. The van der Waals surface area contributed by atoms with Crippen molar-refractivity contribution >= 4 is 17.5 Å². The lowest BCUT2D eigenvalue weighted by atomic mass is 10.0. The maximum atomic E-state index is 11.3. The van der Waals surface area contributed by atoms with Crippen molar-refractivity contribution in [3.63, 3.8) is 0 Å². The van der Waals surface area contributed by atoms with E-state index in [-0.39, 0.29) is 12.5 Å². The van der Waals surface area contributed by atoms with E-state index in [4.69, 9.17) is 21.1 Å². The first-order valence-corrected chi connectivity index (χ1v) is 6.17. The number of ether oxygens (including phenoxy) is 2. The summed E-state index contributed by atoms with van der Waals surface area (Å²) in [4.78, 5) is 11.3. The third-order valence-electron chi connectivity index (χ3n) is 2.35. The summed E-state index contributed by atoms with van der Waals surface area (Å²) in [5.74, 6) is 1.02. The number of hydrogen-bond donors (Lipinski definition) is 1. The fraction of sp³-hybridized carbons (Fsp3) is 0.909. The first-order chi connectivity index (χ1) is 7.74. The zero-order valence-electron chi connectivity index (χ0n) is 10.1. The molecule has 0 fully saturated rings. The second-order valence-electron chi connectivity index (χ2n) is 3.60. The molecule has 0 radical (unpaired) electrons. The van der Waals surface area contributed by atoms with E-state index in [2.05, 4.69) is 12.2 Å². The quantitative estimate of drug-likeness (QED) is 0.472. The van der Waals surface area contributed by atoms with Crippen LogP contribution in [0.4, 0.5) is 0 Å². The summed E-state index contributed by atoms with van der Waals surface area (Å²) in [6, 6.07) is 0. The molecule has 0 bridgehead atoms. The highest BCUT2D eigenvalue weighted by atomic mass is 35.5. The number of carbonyl (C=O) groups excluding carboxylic acids is 1. The van der Waals surface area contributed by atoms with Crippen molar-refractivity contribution in [1.82, 2.24) is 5.32 Å². The fourth-order valence-electron chi connectivity index (χ4n) is 1.22. The number of methoxy groups -OCH3 is 1. The maximum absolute atomic E-state index is 11.3. The zero-order chi connectivity index (χ0) is 12.2. The number of halogens is 1. The maximum Gasteiger partial charge on any atom is 0.246 e. The number of amides is 1. The van der Waals surface area contributed by atoms with E-state index in [1.54, 1.807) is 7.11 Å². The minimum Gasteiger partial charge on any atom is -0.382 e. The Labute approximate surface area is 103 Å². The summed E-state index contributed by atoms with van der Waals surface area (Å²) < 4.78 is 9.90. The molecule has 0 aliphatic rings.